The first-order valence-electron chi connectivity index (χ1n) is 3.01. The van der Waals surface area contributed by atoms with E-state index in [-0.39, 0.29) is 0 Å². The number of allylic oxidation sites excluding steroid dienone is 1. The number of nitrogens with one attached hydrogen (secondary N) is 1. The van der Waals surface area contributed by atoms with Crippen molar-refractivity contribution in [1.82, 2.24) is 4.98 Å². The number of rotatable bonds is 0. The molecule has 0 amide bonds. The number of oxime groups is 1. The van der Waals surface area contributed by atoms with Crippen LogP contribution in [0.25, 0.3) is 6.08 Å². The SMILES string of the molecule is C1=Cc2[nH]ccc2ON=C1. The zero-order chi connectivity index (χ0) is 6.81. The average Bonchev–Trinajstić information content (AvgIpc) is 2.28. The molecule has 1 aliphatic rings. The number of aromatic amines is 1. The van der Waals surface area contributed by atoms with E-state index in [2.05, 4.69) is 10.1 Å². The molecule has 2 rings (SSSR count). The summed E-state index contributed by atoms with van der Waals surface area (Å²) in [6.07, 6.45) is 7.15. The molecule has 1 aromatic rings. The minimum atomic E-state index is 0.769. The molecule has 3 nitrogen and oxygen atoms in total. The van der Waals surface area contributed by atoms with Gasteiger partial charge >= 0.3 is 0 Å². The van der Waals surface area contributed by atoms with Crippen LogP contribution in [0.2, 0.25) is 0 Å². The zero-order valence-corrected chi connectivity index (χ0v) is 5.24. The average molecular weight is 134 g/mol. The lowest BCUT2D eigenvalue weighted by molar-refractivity contribution is 0.344. The summed E-state index contributed by atoms with van der Waals surface area (Å²) in [4.78, 5) is 7.97. The predicted molar refractivity (Wildman–Crippen MR) is 38.9 cm³/mol. The molecular weight excluding hydrogens is 128 g/mol. The molecule has 10 heavy (non-hydrogen) atoms. The molecule has 1 N–H and O–H groups in total. The molecule has 0 unspecified atom stereocenters. The summed E-state index contributed by atoms with van der Waals surface area (Å²) in [5, 5.41) is 3.65. The van der Waals surface area contributed by atoms with Crippen molar-refractivity contribution in [1.29, 1.82) is 0 Å². The second-order valence-electron chi connectivity index (χ2n) is 1.96. The Morgan fingerprint density at radius 1 is 1.50 bits per heavy atom. The van der Waals surface area contributed by atoms with Gasteiger partial charge in [-0.15, -0.1) is 0 Å². The van der Waals surface area contributed by atoms with Crippen molar-refractivity contribution in [3.8, 4) is 5.75 Å². The van der Waals surface area contributed by atoms with Crippen LogP contribution in [0, 0.1) is 0 Å². The maximum absolute atomic E-state index is 4.96. The molecule has 0 aliphatic carbocycles. The highest BCUT2D eigenvalue weighted by atomic mass is 16.6. The lowest BCUT2D eigenvalue weighted by atomic mass is 10.4. The Labute approximate surface area is 58.0 Å². The van der Waals surface area contributed by atoms with Crippen LogP contribution in [0.15, 0.2) is 23.5 Å². The van der Waals surface area contributed by atoms with Crippen LogP contribution in [0.5, 0.6) is 5.75 Å². The molecule has 0 fully saturated rings. The van der Waals surface area contributed by atoms with Gasteiger partial charge in [0.25, 0.3) is 0 Å². The van der Waals surface area contributed by atoms with Gasteiger partial charge in [0.2, 0.25) is 0 Å². The number of hydrogen-bond donors (Lipinski definition) is 1. The maximum atomic E-state index is 4.96. The molecule has 0 saturated carbocycles. The van der Waals surface area contributed by atoms with Crippen molar-refractivity contribution in [2.24, 2.45) is 5.16 Å². The van der Waals surface area contributed by atoms with E-state index < -0.39 is 0 Å². The Bertz CT molecular complexity index is 286. The van der Waals surface area contributed by atoms with Gasteiger partial charge in [-0.2, -0.15) is 0 Å². The van der Waals surface area contributed by atoms with Crippen LogP contribution in [0.3, 0.4) is 0 Å². The van der Waals surface area contributed by atoms with Gasteiger partial charge in [-0.25, -0.2) is 0 Å². The van der Waals surface area contributed by atoms with Crippen LogP contribution in [0.4, 0.5) is 0 Å². The fourth-order valence-electron chi connectivity index (χ4n) is 0.839. The van der Waals surface area contributed by atoms with Gasteiger partial charge in [0.1, 0.15) is 0 Å². The van der Waals surface area contributed by atoms with Gasteiger partial charge < -0.3 is 9.82 Å². The minimum Gasteiger partial charge on any atom is -0.358 e. The number of fused-ring (bicyclic) bond motifs is 1. The topological polar surface area (TPSA) is 37.4 Å². The molecule has 0 radical (unpaired) electrons. The Morgan fingerprint density at radius 3 is 3.50 bits per heavy atom. The standard InChI is InChI=1S/C7H6N2O/c1-2-6-7(3-5-8-6)10-9-4-1/h1-5,8H. The van der Waals surface area contributed by atoms with E-state index in [0.29, 0.717) is 0 Å². The molecule has 3 heteroatoms. The van der Waals surface area contributed by atoms with Crippen LogP contribution >= 0.6 is 0 Å². The van der Waals surface area contributed by atoms with Gasteiger partial charge in [-0.3, -0.25) is 0 Å². The summed E-state index contributed by atoms with van der Waals surface area (Å²) in [5.41, 5.74) is 0.956. The number of nitrogens with zero attached hydrogens (tertiary/aromatic N) is 1. The molecular formula is C7H6N2O. The first-order valence-corrected chi connectivity index (χ1v) is 3.01. The summed E-state index contributed by atoms with van der Waals surface area (Å²) in [7, 11) is 0. The molecule has 50 valence electrons. The Morgan fingerprint density at radius 2 is 2.50 bits per heavy atom. The summed E-state index contributed by atoms with van der Waals surface area (Å²) >= 11 is 0. The van der Waals surface area contributed by atoms with Crippen molar-refractivity contribution in [2.45, 2.75) is 0 Å². The smallest absolute Gasteiger partial charge is 0.182 e. The molecule has 1 aromatic heterocycles. The fourth-order valence-corrected chi connectivity index (χ4v) is 0.839. The molecule has 2 heterocycles. The van der Waals surface area contributed by atoms with E-state index in [0.717, 1.165) is 11.4 Å². The summed E-state index contributed by atoms with van der Waals surface area (Å²) in [6, 6.07) is 1.84. The van der Waals surface area contributed by atoms with Crippen molar-refractivity contribution < 1.29 is 4.84 Å². The third-order valence-corrected chi connectivity index (χ3v) is 1.30. The normalized spacial score (nSPS) is 14.0. The Balaban J connectivity index is 2.50. The van der Waals surface area contributed by atoms with Crippen LogP contribution in [-0.2, 0) is 0 Å². The van der Waals surface area contributed by atoms with Gasteiger partial charge in [0.15, 0.2) is 5.75 Å². The first kappa shape index (κ1) is 5.29. The lowest BCUT2D eigenvalue weighted by Crippen LogP contribution is -1.79. The monoisotopic (exact) mass is 134 g/mol. The summed E-state index contributed by atoms with van der Waals surface area (Å²) in [5.74, 6) is 0.769. The van der Waals surface area contributed by atoms with Crippen LogP contribution in [0.1, 0.15) is 5.69 Å². The molecule has 0 bridgehead atoms. The molecule has 0 spiro atoms. The number of hydrogen-bond acceptors (Lipinski definition) is 2. The van der Waals surface area contributed by atoms with E-state index in [1.807, 2.05) is 24.4 Å². The summed E-state index contributed by atoms with van der Waals surface area (Å²) in [6.45, 7) is 0. The van der Waals surface area contributed by atoms with E-state index >= 15 is 0 Å². The Kier molecular flexibility index (Phi) is 1.07. The minimum absolute atomic E-state index is 0.769. The van der Waals surface area contributed by atoms with E-state index in [4.69, 9.17) is 4.84 Å². The fraction of sp³-hybridized carbons (Fsp3) is 0. The second kappa shape index (κ2) is 2.02. The highest BCUT2D eigenvalue weighted by Crippen LogP contribution is 2.19. The quantitative estimate of drug-likeness (QED) is 0.572. The van der Waals surface area contributed by atoms with Crippen LogP contribution in [-0.4, -0.2) is 11.2 Å². The largest absolute Gasteiger partial charge is 0.358 e. The molecule has 1 aliphatic heterocycles. The zero-order valence-electron chi connectivity index (χ0n) is 5.24. The van der Waals surface area contributed by atoms with Crippen LogP contribution < -0.4 is 4.84 Å². The van der Waals surface area contributed by atoms with E-state index in [1.54, 1.807) is 6.21 Å². The Hall–Kier alpha value is -1.51. The highest BCUT2D eigenvalue weighted by molar-refractivity contribution is 5.79. The number of aromatic nitrogens is 1. The predicted octanol–water partition coefficient (Wildman–Crippen LogP) is 1.41. The van der Waals surface area contributed by atoms with Gasteiger partial charge in [0, 0.05) is 12.3 Å². The summed E-state index contributed by atoms with van der Waals surface area (Å²) < 4.78 is 0. The third-order valence-electron chi connectivity index (χ3n) is 1.30. The van der Waals surface area contributed by atoms with Crippen molar-refractivity contribution in [3.05, 3.63) is 24.0 Å². The van der Waals surface area contributed by atoms with Crippen molar-refractivity contribution in [3.63, 3.8) is 0 Å². The third kappa shape index (κ3) is 0.719. The van der Waals surface area contributed by atoms with E-state index in [1.165, 1.54) is 0 Å². The lowest BCUT2D eigenvalue weighted by Gasteiger charge is -1.91. The van der Waals surface area contributed by atoms with Crippen molar-refractivity contribution in [2.75, 3.05) is 0 Å². The molecule has 0 atom stereocenters. The highest BCUT2D eigenvalue weighted by Gasteiger charge is 2.01. The maximum Gasteiger partial charge on any atom is 0.182 e. The molecule has 0 aromatic carbocycles. The molecule has 0 saturated heterocycles. The van der Waals surface area contributed by atoms with Crippen molar-refractivity contribution >= 4 is 12.3 Å². The number of H-pyrrole nitrogens is 1. The van der Waals surface area contributed by atoms with Gasteiger partial charge in [-0.05, 0) is 12.2 Å². The first-order chi connectivity index (χ1) is 4.97. The van der Waals surface area contributed by atoms with Gasteiger partial charge in [0.05, 0.1) is 11.9 Å². The second-order valence-corrected chi connectivity index (χ2v) is 1.96. The van der Waals surface area contributed by atoms with E-state index in [9.17, 15) is 0 Å². The van der Waals surface area contributed by atoms with Gasteiger partial charge in [-0.1, -0.05) is 5.16 Å².